The van der Waals surface area contributed by atoms with Crippen LogP contribution in [0.25, 0.3) is 11.3 Å². The van der Waals surface area contributed by atoms with Gasteiger partial charge in [-0.1, -0.05) is 56.4 Å². The van der Waals surface area contributed by atoms with Gasteiger partial charge in [0.15, 0.2) is 5.82 Å². The fourth-order valence-corrected chi connectivity index (χ4v) is 4.28. The standard InChI is InChI=1S/C26H29FN4O/c27-21-11-6-19(7-12-21)16-25(32)31-26-23(15-8-18-4-2-1-3-5-18)30-24(17-29-26)20-9-13-22(28)14-10-20/h6-7,9-14,17-18H,1-5,8,15-16,28H2,(H,29,31,32). The number of hydrogen-bond acceptors (Lipinski definition) is 4. The van der Waals surface area contributed by atoms with E-state index in [-0.39, 0.29) is 18.1 Å². The lowest BCUT2D eigenvalue weighted by molar-refractivity contribution is -0.115. The molecule has 6 heteroatoms. The van der Waals surface area contributed by atoms with Crippen LogP contribution in [0.3, 0.4) is 0 Å². The molecule has 0 unspecified atom stereocenters. The molecule has 4 rings (SSSR count). The zero-order chi connectivity index (χ0) is 22.3. The van der Waals surface area contributed by atoms with Gasteiger partial charge in [0.25, 0.3) is 0 Å². The van der Waals surface area contributed by atoms with Gasteiger partial charge in [-0.05, 0) is 48.6 Å². The van der Waals surface area contributed by atoms with Crippen molar-refractivity contribution in [2.45, 2.75) is 51.4 Å². The Hall–Kier alpha value is -3.28. The molecule has 1 aliphatic rings. The number of nitrogens with two attached hydrogens (primary N) is 1. The van der Waals surface area contributed by atoms with E-state index in [4.69, 9.17) is 10.7 Å². The van der Waals surface area contributed by atoms with E-state index >= 15 is 0 Å². The third-order valence-electron chi connectivity index (χ3n) is 6.10. The number of carbonyl (C=O) groups excluding carboxylic acids is 1. The Morgan fingerprint density at radius 1 is 1.03 bits per heavy atom. The highest BCUT2D eigenvalue weighted by Gasteiger charge is 2.17. The van der Waals surface area contributed by atoms with Gasteiger partial charge in [-0.15, -0.1) is 0 Å². The van der Waals surface area contributed by atoms with Crippen LogP contribution >= 0.6 is 0 Å². The minimum atomic E-state index is -0.316. The number of aromatic nitrogens is 2. The molecule has 1 aliphatic carbocycles. The third-order valence-corrected chi connectivity index (χ3v) is 6.10. The number of carbonyl (C=O) groups is 1. The van der Waals surface area contributed by atoms with E-state index in [0.29, 0.717) is 17.4 Å². The third kappa shape index (κ3) is 5.90. The summed E-state index contributed by atoms with van der Waals surface area (Å²) in [6, 6.07) is 13.5. The van der Waals surface area contributed by atoms with Gasteiger partial charge in [0.05, 0.1) is 24.0 Å². The van der Waals surface area contributed by atoms with Gasteiger partial charge in [0.2, 0.25) is 5.91 Å². The maximum atomic E-state index is 13.1. The van der Waals surface area contributed by atoms with Crippen molar-refractivity contribution in [1.29, 1.82) is 0 Å². The van der Waals surface area contributed by atoms with Crippen molar-refractivity contribution >= 4 is 17.4 Å². The Morgan fingerprint density at radius 3 is 2.47 bits per heavy atom. The summed E-state index contributed by atoms with van der Waals surface area (Å²) in [4.78, 5) is 22.0. The fourth-order valence-electron chi connectivity index (χ4n) is 4.28. The molecule has 0 bridgehead atoms. The lowest BCUT2D eigenvalue weighted by atomic mass is 9.86. The predicted octanol–water partition coefficient (Wildman–Crippen LogP) is 5.56. The number of amides is 1. The molecule has 3 aromatic rings. The van der Waals surface area contributed by atoms with Crippen LogP contribution < -0.4 is 11.1 Å². The molecule has 1 saturated carbocycles. The normalized spacial score (nSPS) is 14.3. The molecule has 3 N–H and O–H groups in total. The van der Waals surface area contributed by atoms with Crippen molar-refractivity contribution in [2.75, 3.05) is 11.1 Å². The molecule has 0 spiro atoms. The quantitative estimate of drug-likeness (QED) is 0.479. The molecule has 0 radical (unpaired) electrons. The molecule has 1 aromatic heterocycles. The van der Waals surface area contributed by atoms with Crippen molar-refractivity contribution < 1.29 is 9.18 Å². The average Bonchev–Trinajstić information content (AvgIpc) is 2.81. The van der Waals surface area contributed by atoms with Gasteiger partial charge < -0.3 is 11.1 Å². The second kappa shape index (κ2) is 10.4. The molecular weight excluding hydrogens is 403 g/mol. The van der Waals surface area contributed by atoms with Crippen LogP contribution in [-0.2, 0) is 17.6 Å². The van der Waals surface area contributed by atoms with Crippen molar-refractivity contribution in [1.82, 2.24) is 9.97 Å². The Bertz CT molecular complexity index is 1040. The monoisotopic (exact) mass is 432 g/mol. The minimum absolute atomic E-state index is 0.156. The maximum absolute atomic E-state index is 13.1. The lowest BCUT2D eigenvalue weighted by Crippen LogP contribution is -2.18. The number of rotatable bonds is 7. The summed E-state index contributed by atoms with van der Waals surface area (Å²) in [6.45, 7) is 0. The lowest BCUT2D eigenvalue weighted by Gasteiger charge is -2.21. The number of halogens is 1. The number of nitrogen functional groups attached to an aromatic ring is 1. The van der Waals surface area contributed by atoms with Gasteiger partial charge in [0.1, 0.15) is 5.82 Å². The number of aryl methyl sites for hydroxylation is 1. The van der Waals surface area contributed by atoms with Crippen molar-refractivity contribution in [3.8, 4) is 11.3 Å². The van der Waals surface area contributed by atoms with Crippen LogP contribution in [0.2, 0.25) is 0 Å². The first kappa shape index (κ1) is 21.9. The highest BCUT2D eigenvalue weighted by Crippen LogP contribution is 2.29. The molecule has 166 valence electrons. The fraction of sp³-hybridized carbons (Fsp3) is 0.346. The number of hydrogen-bond donors (Lipinski definition) is 2. The van der Waals surface area contributed by atoms with E-state index in [0.717, 1.165) is 35.4 Å². The second-order valence-electron chi connectivity index (χ2n) is 8.57. The van der Waals surface area contributed by atoms with Gasteiger partial charge >= 0.3 is 0 Å². The van der Waals surface area contributed by atoms with Gasteiger partial charge in [-0.2, -0.15) is 0 Å². The first-order chi connectivity index (χ1) is 15.6. The van der Waals surface area contributed by atoms with Crippen LogP contribution in [0.1, 0.15) is 49.8 Å². The Kier molecular flexibility index (Phi) is 7.10. The van der Waals surface area contributed by atoms with E-state index in [1.165, 1.54) is 44.2 Å². The smallest absolute Gasteiger partial charge is 0.229 e. The van der Waals surface area contributed by atoms with Crippen molar-refractivity contribution in [3.05, 3.63) is 71.8 Å². The number of benzene rings is 2. The Labute approximate surface area is 188 Å². The summed E-state index contributed by atoms with van der Waals surface area (Å²) >= 11 is 0. The predicted molar refractivity (Wildman–Crippen MR) is 126 cm³/mol. The Balaban J connectivity index is 1.52. The summed E-state index contributed by atoms with van der Waals surface area (Å²) in [5.41, 5.74) is 9.77. The molecular formula is C26H29FN4O. The molecule has 0 aliphatic heterocycles. The van der Waals surface area contributed by atoms with Crippen LogP contribution in [-0.4, -0.2) is 15.9 Å². The molecule has 5 nitrogen and oxygen atoms in total. The average molecular weight is 433 g/mol. The van der Waals surface area contributed by atoms with Crippen molar-refractivity contribution in [2.24, 2.45) is 5.92 Å². The molecule has 32 heavy (non-hydrogen) atoms. The van der Waals surface area contributed by atoms with E-state index in [9.17, 15) is 9.18 Å². The molecule has 2 aromatic carbocycles. The number of nitrogens with zero attached hydrogens (tertiary/aromatic N) is 2. The van der Waals surface area contributed by atoms with Gasteiger partial charge in [-0.3, -0.25) is 4.79 Å². The molecule has 1 heterocycles. The molecule has 0 saturated heterocycles. The number of nitrogens with one attached hydrogen (secondary N) is 1. The van der Waals surface area contributed by atoms with E-state index in [2.05, 4.69) is 10.3 Å². The van der Waals surface area contributed by atoms with Crippen LogP contribution in [0.5, 0.6) is 0 Å². The first-order valence-electron chi connectivity index (χ1n) is 11.3. The first-order valence-corrected chi connectivity index (χ1v) is 11.3. The highest BCUT2D eigenvalue weighted by atomic mass is 19.1. The van der Waals surface area contributed by atoms with Crippen LogP contribution in [0, 0.1) is 11.7 Å². The summed E-state index contributed by atoms with van der Waals surface area (Å²) in [5, 5.41) is 2.92. The summed E-state index contributed by atoms with van der Waals surface area (Å²) in [5.74, 6) is 0.703. The van der Waals surface area contributed by atoms with Gasteiger partial charge in [0, 0.05) is 11.3 Å². The molecule has 0 atom stereocenters. The van der Waals surface area contributed by atoms with Crippen LogP contribution in [0.4, 0.5) is 15.9 Å². The zero-order valence-electron chi connectivity index (χ0n) is 18.2. The van der Waals surface area contributed by atoms with Crippen molar-refractivity contribution in [3.63, 3.8) is 0 Å². The van der Waals surface area contributed by atoms with E-state index in [1.54, 1.807) is 18.3 Å². The van der Waals surface area contributed by atoms with Crippen LogP contribution in [0.15, 0.2) is 54.7 Å². The highest BCUT2D eigenvalue weighted by molar-refractivity contribution is 5.92. The SMILES string of the molecule is Nc1ccc(-c2cnc(NC(=O)Cc3ccc(F)cc3)c(CCC3CCCCC3)n2)cc1. The maximum Gasteiger partial charge on any atom is 0.229 e. The summed E-state index contributed by atoms with van der Waals surface area (Å²) < 4.78 is 13.1. The zero-order valence-corrected chi connectivity index (χ0v) is 18.2. The second-order valence-corrected chi connectivity index (χ2v) is 8.57. The number of anilines is 2. The largest absolute Gasteiger partial charge is 0.399 e. The Morgan fingerprint density at radius 2 is 1.75 bits per heavy atom. The topological polar surface area (TPSA) is 80.9 Å². The van der Waals surface area contributed by atoms with E-state index in [1.807, 2.05) is 24.3 Å². The van der Waals surface area contributed by atoms with E-state index < -0.39 is 0 Å². The van der Waals surface area contributed by atoms with Gasteiger partial charge in [-0.25, -0.2) is 14.4 Å². The molecule has 1 fully saturated rings. The summed E-state index contributed by atoms with van der Waals surface area (Å²) in [6.07, 6.45) is 10.1. The molecule has 1 amide bonds. The minimum Gasteiger partial charge on any atom is -0.399 e. The summed E-state index contributed by atoms with van der Waals surface area (Å²) in [7, 11) is 0.